The molecule has 0 atom stereocenters. The minimum absolute atomic E-state index is 0.0462. The Labute approximate surface area is 129 Å². The lowest BCUT2D eigenvalue weighted by Gasteiger charge is -2.07. The molecule has 0 amide bonds. The molecule has 118 valence electrons. The molecule has 3 aromatic rings. The number of ether oxygens (including phenoxy) is 1. The van der Waals surface area contributed by atoms with Gasteiger partial charge in [-0.3, -0.25) is 4.79 Å². The predicted molar refractivity (Wildman–Crippen MR) is 79.2 cm³/mol. The molecule has 23 heavy (non-hydrogen) atoms. The molecular formula is C17H12F3NO2. The molecule has 0 bridgehead atoms. The van der Waals surface area contributed by atoms with Gasteiger partial charge in [0.25, 0.3) is 0 Å². The number of ketones is 1. The van der Waals surface area contributed by atoms with Crippen LogP contribution in [0.25, 0.3) is 10.9 Å². The molecule has 0 aliphatic carbocycles. The van der Waals surface area contributed by atoms with Crippen LogP contribution in [-0.4, -0.2) is 17.9 Å². The highest BCUT2D eigenvalue weighted by atomic mass is 19.2. The smallest absolute Gasteiger partial charge is 0.169 e. The first kappa shape index (κ1) is 15.1. The summed E-state index contributed by atoms with van der Waals surface area (Å²) in [6, 6.07) is 5.86. The van der Waals surface area contributed by atoms with Crippen molar-refractivity contribution < 1.29 is 22.7 Å². The van der Waals surface area contributed by atoms with Gasteiger partial charge in [-0.2, -0.15) is 0 Å². The van der Waals surface area contributed by atoms with Crippen molar-refractivity contribution in [3.8, 4) is 5.75 Å². The minimum Gasteiger partial charge on any atom is -0.496 e. The van der Waals surface area contributed by atoms with Gasteiger partial charge in [-0.15, -0.1) is 0 Å². The Morgan fingerprint density at radius 2 is 1.87 bits per heavy atom. The van der Waals surface area contributed by atoms with Crippen molar-refractivity contribution >= 4 is 16.7 Å². The molecular weight excluding hydrogens is 307 g/mol. The summed E-state index contributed by atoms with van der Waals surface area (Å²) in [5, 5.41) is 0.301. The molecule has 0 saturated heterocycles. The van der Waals surface area contributed by atoms with E-state index in [4.69, 9.17) is 4.74 Å². The van der Waals surface area contributed by atoms with Crippen LogP contribution in [0.15, 0.2) is 36.5 Å². The van der Waals surface area contributed by atoms with Gasteiger partial charge in [0.05, 0.1) is 7.11 Å². The van der Waals surface area contributed by atoms with Crippen LogP contribution in [-0.2, 0) is 6.42 Å². The zero-order valence-corrected chi connectivity index (χ0v) is 12.1. The largest absolute Gasteiger partial charge is 0.496 e. The summed E-state index contributed by atoms with van der Waals surface area (Å²) in [7, 11) is 1.38. The van der Waals surface area contributed by atoms with Gasteiger partial charge in [0.2, 0.25) is 0 Å². The maximum Gasteiger partial charge on any atom is 0.169 e. The Bertz CT molecular complexity index is 902. The van der Waals surface area contributed by atoms with Gasteiger partial charge in [0, 0.05) is 46.8 Å². The van der Waals surface area contributed by atoms with E-state index in [9.17, 15) is 18.0 Å². The quantitative estimate of drug-likeness (QED) is 0.738. The number of methoxy groups -OCH3 is 1. The number of aromatic nitrogens is 1. The van der Waals surface area contributed by atoms with Crippen molar-refractivity contribution in [1.82, 2.24) is 4.98 Å². The second-order valence-electron chi connectivity index (χ2n) is 5.07. The van der Waals surface area contributed by atoms with E-state index in [2.05, 4.69) is 4.98 Å². The number of fused-ring (bicyclic) bond motifs is 1. The van der Waals surface area contributed by atoms with Gasteiger partial charge in [-0.25, -0.2) is 13.2 Å². The highest BCUT2D eigenvalue weighted by Crippen LogP contribution is 2.25. The second-order valence-corrected chi connectivity index (χ2v) is 5.07. The summed E-state index contributed by atoms with van der Waals surface area (Å²) in [4.78, 5) is 15.2. The molecule has 0 saturated carbocycles. The average molecular weight is 319 g/mol. The standard InChI is InChI=1S/C17H12F3NO2/c1-23-17-5-10(18)3-2-9(17)4-16(22)12-8-21-15-7-14(20)13(19)6-11(12)15/h2-3,5-8,21H,4H2,1H3. The highest BCUT2D eigenvalue weighted by Gasteiger charge is 2.17. The van der Waals surface area contributed by atoms with Crippen molar-refractivity contribution in [2.75, 3.05) is 7.11 Å². The van der Waals surface area contributed by atoms with E-state index in [0.717, 1.165) is 12.1 Å². The fraction of sp³-hybridized carbons (Fsp3) is 0.118. The Kier molecular flexibility index (Phi) is 3.82. The van der Waals surface area contributed by atoms with Gasteiger partial charge >= 0.3 is 0 Å². The number of Topliss-reactive ketones (excluding diaryl/α,β-unsaturated/α-hetero) is 1. The molecule has 3 rings (SSSR count). The maximum atomic E-state index is 13.4. The molecule has 1 N–H and O–H groups in total. The molecule has 0 aliphatic rings. The number of aromatic amines is 1. The van der Waals surface area contributed by atoms with E-state index in [1.54, 1.807) is 0 Å². The fourth-order valence-electron chi connectivity index (χ4n) is 2.48. The van der Waals surface area contributed by atoms with Gasteiger partial charge in [-0.05, 0) is 12.1 Å². The summed E-state index contributed by atoms with van der Waals surface area (Å²) in [6.07, 6.45) is 1.36. The van der Waals surface area contributed by atoms with Gasteiger partial charge in [0.1, 0.15) is 11.6 Å². The molecule has 0 fully saturated rings. The van der Waals surface area contributed by atoms with Gasteiger partial charge in [-0.1, -0.05) is 6.07 Å². The average Bonchev–Trinajstić information content (AvgIpc) is 2.92. The first-order valence-electron chi connectivity index (χ1n) is 6.81. The molecule has 3 nitrogen and oxygen atoms in total. The Morgan fingerprint density at radius 3 is 2.61 bits per heavy atom. The van der Waals surface area contributed by atoms with E-state index in [1.807, 2.05) is 0 Å². The van der Waals surface area contributed by atoms with Crippen molar-refractivity contribution in [3.63, 3.8) is 0 Å². The first-order valence-corrected chi connectivity index (χ1v) is 6.81. The van der Waals surface area contributed by atoms with Crippen LogP contribution in [0.2, 0.25) is 0 Å². The minimum atomic E-state index is -1.02. The Balaban J connectivity index is 1.97. The maximum absolute atomic E-state index is 13.4. The van der Waals surface area contributed by atoms with Crippen LogP contribution in [0.5, 0.6) is 5.75 Å². The number of benzene rings is 2. The zero-order chi connectivity index (χ0) is 16.6. The van der Waals surface area contributed by atoms with Crippen LogP contribution >= 0.6 is 0 Å². The lowest BCUT2D eigenvalue weighted by atomic mass is 10.0. The normalized spacial score (nSPS) is 11.0. The fourth-order valence-corrected chi connectivity index (χ4v) is 2.48. The summed E-state index contributed by atoms with van der Waals surface area (Å²) in [5.41, 5.74) is 1.08. The summed E-state index contributed by atoms with van der Waals surface area (Å²) >= 11 is 0. The number of carbonyl (C=O) groups is 1. The van der Waals surface area contributed by atoms with E-state index >= 15 is 0 Å². The highest BCUT2D eigenvalue weighted by molar-refractivity contribution is 6.08. The van der Waals surface area contributed by atoms with Gasteiger partial charge in [0.15, 0.2) is 17.4 Å². The van der Waals surface area contributed by atoms with Crippen LogP contribution < -0.4 is 4.74 Å². The molecule has 1 heterocycles. The van der Waals surface area contributed by atoms with E-state index in [-0.39, 0.29) is 23.5 Å². The van der Waals surface area contributed by atoms with E-state index in [0.29, 0.717) is 16.5 Å². The lowest BCUT2D eigenvalue weighted by Crippen LogP contribution is -2.05. The Hall–Kier alpha value is -2.76. The van der Waals surface area contributed by atoms with Crippen molar-refractivity contribution in [1.29, 1.82) is 0 Å². The third-order valence-electron chi connectivity index (χ3n) is 3.62. The molecule has 1 aromatic heterocycles. The number of carbonyl (C=O) groups excluding carboxylic acids is 1. The first-order chi connectivity index (χ1) is 11.0. The zero-order valence-electron chi connectivity index (χ0n) is 12.1. The number of rotatable bonds is 4. The van der Waals surface area contributed by atoms with E-state index < -0.39 is 17.5 Å². The predicted octanol–water partition coefficient (Wildman–Crippen LogP) is 4.02. The SMILES string of the molecule is COc1cc(F)ccc1CC(=O)c1c[nH]c2cc(F)c(F)cc12. The number of H-pyrrole nitrogens is 1. The molecule has 0 radical (unpaired) electrons. The number of nitrogens with one attached hydrogen (secondary N) is 1. The van der Waals surface area contributed by atoms with Crippen LogP contribution in [0.4, 0.5) is 13.2 Å². The Morgan fingerprint density at radius 1 is 1.13 bits per heavy atom. The van der Waals surface area contributed by atoms with Gasteiger partial charge < -0.3 is 9.72 Å². The number of hydrogen-bond acceptors (Lipinski definition) is 2. The summed E-state index contributed by atoms with van der Waals surface area (Å²) in [5.74, 6) is -2.53. The third-order valence-corrected chi connectivity index (χ3v) is 3.62. The lowest BCUT2D eigenvalue weighted by molar-refractivity contribution is 0.0993. The molecule has 6 heteroatoms. The molecule has 0 spiro atoms. The molecule has 2 aromatic carbocycles. The van der Waals surface area contributed by atoms with Crippen molar-refractivity contribution in [3.05, 3.63) is 65.1 Å². The van der Waals surface area contributed by atoms with Crippen LogP contribution in [0.1, 0.15) is 15.9 Å². The van der Waals surface area contributed by atoms with E-state index in [1.165, 1.54) is 31.5 Å². The monoisotopic (exact) mass is 319 g/mol. The topological polar surface area (TPSA) is 42.1 Å². The molecule has 0 aliphatic heterocycles. The third kappa shape index (κ3) is 2.79. The van der Waals surface area contributed by atoms with Crippen molar-refractivity contribution in [2.24, 2.45) is 0 Å². The second kappa shape index (κ2) is 5.79. The van der Waals surface area contributed by atoms with Crippen molar-refractivity contribution in [2.45, 2.75) is 6.42 Å². The summed E-state index contributed by atoms with van der Waals surface area (Å²) in [6.45, 7) is 0. The summed E-state index contributed by atoms with van der Waals surface area (Å²) < 4.78 is 44.9. The molecule has 0 unspecified atom stereocenters. The van der Waals surface area contributed by atoms with Crippen LogP contribution in [0.3, 0.4) is 0 Å². The number of hydrogen-bond donors (Lipinski definition) is 1. The number of halogens is 3. The van der Waals surface area contributed by atoms with Crippen LogP contribution in [0, 0.1) is 17.5 Å².